The number of carbonyl (C=O) groups excluding carboxylic acids is 2. The number of ether oxygens (including phenoxy) is 1. The van der Waals surface area contributed by atoms with Crippen LogP contribution >= 0.6 is 0 Å². The van der Waals surface area contributed by atoms with Crippen molar-refractivity contribution in [2.45, 2.75) is 26.4 Å². The Morgan fingerprint density at radius 2 is 2.14 bits per heavy atom. The number of hydrogen-bond donors (Lipinski definition) is 2. The molecule has 1 atom stereocenters. The number of aromatic nitrogens is 2. The fraction of sp³-hybridized carbons (Fsp3) is 0.400. The lowest BCUT2D eigenvalue weighted by atomic mass is 10.2. The number of alkyl carbamates (subject to hydrolysis) is 1. The Balaban J connectivity index is 1.99. The molecule has 0 saturated carbocycles. The highest BCUT2D eigenvalue weighted by Gasteiger charge is 2.15. The lowest BCUT2D eigenvalue weighted by molar-refractivity contribution is -0.122. The van der Waals surface area contributed by atoms with Crippen molar-refractivity contribution in [3.63, 3.8) is 0 Å². The number of imidazole rings is 1. The smallest absolute Gasteiger partial charge is 0.407 e. The average molecular weight is 304 g/mol. The summed E-state index contributed by atoms with van der Waals surface area (Å²) in [6.07, 6.45) is -0.631. The Morgan fingerprint density at radius 3 is 2.82 bits per heavy atom. The summed E-state index contributed by atoms with van der Waals surface area (Å²) in [6.45, 7) is 3.91. The van der Waals surface area contributed by atoms with Gasteiger partial charge >= 0.3 is 6.09 Å². The maximum absolute atomic E-state index is 11.9. The molecule has 0 aliphatic carbocycles. The number of amides is 2. The fourth-order valence-corrected chi connectivity index (χ4v) is 2.12. The molecule has 2 rings (SSSR count). The molecule has 0 unspecified atom stereocenters. The van der Waals surface area contributed by atoms with Crippen LogP contribution in [0.25, 0.3) is 11.0 Å². The van der Waals surface area contributed by atoms with Crippen LogP contribution in [0.15, 0.2) is 18.2 Å². The van der Waals surface area contributed by atoms with E-state index in [-0.39, 0.29) is 5.91 Å². The van der Waals surface area contributed by atoms with E-state index in [9.17, 15) is 9.59 Å². The quantitative estimate of drug-likeness (QED) is 0.890. The third-order valence-electron chi connectivity index (χ3n) is 3.55. The SMILES string of the molecule is COC(=O)N[C@@H](C)C(=O)NCc1ccc2c(c1)nc(C)n2C. The second kappa shape index (κ2) is 6.46. The molecule has 118 valence electrons. The molecule has 2 aromatic rings. The van der Waals surface area contributed by atoms with Crippen LogP contribution in [0.5, 0.6) is 0 Å². The maximum Gasteiger partial charge on any atom is 0.407 e. The molecule has 2 N–H and O–H groups in total. The number of rotatable bonds is 4. The third kappa shape index (κ3) is 3.36. The van der Waals surface area contributed by atoms with Gasteiger partial charge in [-0.2, -0.15) is 0 Å². The van der Waals surface area contributed by atoms with Crippen molar-refractivity contribution in [3.05, 3.63) is 29.6 Å². The topological polar surface area (TPSA) is 85.2 Å². The van der Waals surface area contributed by atoms with Crippen LogP contribution in [0.1, 0.15) is 18.3 Å². The highest BCUT2D eigenvalue weighted by atomic mass is 16.5. The van der Waals surface area contributed by atoms with Crippen molar-refractivity contribution in [1.82, 2.24) is 20.2 Å². The van der Waals surface area contributed by atoms with Crippen molar-refractivity contribution >= 4 is 23.0 Å². The Morgan fingerprint density at radius 1 is 1.41 bits per heavy atom. The summed E-state index contributed by atoms with van der Waals surface area (Å²) >= 11 is 0. The molecule has 22 heavy (non-hydrogen) atoms. The second-order valence-electron chi connectivity index (χ2n) is 5.12. The van der Waals surface area contributed by atoms with Gasteiger partial charge in [-0.1, -0.05) is 6.07 Å². The molecule has 0 spiro atoms. The van der Waals surface area contributed by atoms with Gasteiger partial charge in [0.15, 0.2) is 0 Å². The van der Waals surface area contributed by atoms with Gasteiger partial charge in [-0.05, 0) is 31.5 Å². The Hall–Kier alpha value is -2.57. The highest BCUT2D eigenvalue weighted by molar-refractivity contribution is 5.85. The molecule has 7 heteroatoms. The van der Waals surface area contributed by atoms with Crippen LogP contribution in [0, 0.1) is 6.92 Å². The van der Waals surface area contributed by atoms with Gasteiger partial charge < -0.3 is 19.9 Å². The molecule has 1 aromatic heterocycles. The summed E-state index contributed by atoms with van der Waals surface area (Å²) in [6, 6.07) is 5.21. The number of hydrogen-bond acceptors (Lipinski definition) is 4. The molecular formula is C15H20N4O3. The summed E-state index contributed by atoms with van der Waals surface area (Å²) in [5.41, 5.74) is 2.89. The Kier molecular flexibility index (Phi) is 4.65. The summed E-state index contributed by atoms with van der Waals surface area (Å²) in [7, 11) is 3.22. The predicted molar refractivity (Wildman–Crippen MR) is 82.3 cm³/mol. The van der Waals surface area contributed by atoms with Gasteiger partial charge in [-0.25, -0.2) is 9.78 Å². The van der Waals surface area contributed by atoms with Crippen molar-refractivity contribution in [2.24, 2.45) is 7.05 Å². The molecule has 0 aliphatic heterocycles. The predicted octanol–water partition coefficient (Wildman–Crippen LogP) is 1.24. The number of nitrogens with one attached hydrogen (secondary N) is 2. The third-order valence-corrected chi connectivity index (χ3v) is 3.55. The van der Waals surface area contributed by atoms with Crippen LogP contribution < -0.4 is 10.6 Å². The summed E-state index contributed by atoms with van der Waals surface area (Å²) in [5, 5.41) is 5.19. The normalized spacial score (nSPS) is 12.0. The number of methoxy groups -OCH3 is 1. The van der Waals surface area contributed by atoms with Crippen LogP contribution in [0.3, 0.4) is 0 Å². The van der Waals surface area contributed by atoms with Gasteiger partial charge in [0.05, 0.1) is 18.1 Å². The van der Waals surface area contributed by atoms with E-state index in [0.29, 0.717) is 6.54 Å². The first-order chi connectivity index (χ1) is 10.4. The van der Waals surface area contributed by atoms with Gasteiger partial charge in [0.1, 0.15) is 11.9 Å². The Labute approximate surface area is 128 Å². The van der Waals surface area contributed by atoms with Gasteiger partial charge in [0, 0.05) is 13.6 Å². The van der Waals surface area contributed by atoms with Crippen LogP contribution in [-0.2, 0) is 23.1 Å². The minimum atomic E-state index is -0.659. The fourth-order valence-electron chi connectivity index (χ4n) is 2.12. The summed E-state index contributed by atoms with van der Waals surface area (Å²) in [4.78, 5) is 27.4. The van der Waals surface area contributed by atoms with Crippen molar-refractivity contribution < 1.29 is 14.3 Å². The number of benzene rings is 1. The first-order valence-electron chi connectivity index (χ1n) is 6.96. The standard InChI is InChI=1S/C15H20N4O3/c1-9(17-15(21)22-4)14(20)16-8-11-5-6-13-12(7-11)18-10(2)19(13)3/h5-7,9H,8H2,1-4H3,(H,16,20)(H,17,21)/t9-/m0/s1. The van der Waals surface area contributed by atoms with Gasteiger partial charge in [-0.3, -0.25) is 4.79 Å². The minimum Gasteiger partial charge on any atom is -0.453 e. The highest BCUT2D eigenvalue weighted by Crippen LogP contribution is 2.16. The van der Waals surface area contributed by atoms with Crippen LogP contribution in [0.4, 0.5) is 4.79 Å². The van der Waals surface area contributed by atoms with Gasteiger partial charge in [-0.15, -0.1) is 0 Å². The minimum absolute atomic E-state index is 0.275. The zero-order valence-electron chi connectivity index (χ0n) is 13.1. The van der Waals surface area contributed by atoms with E-state index in [1.807, 2.05) is 36.7 Å². The monoisotopic (exact) mass is 304 g/mol. The van der Waals surface area contributed by atoms with Gasteiger partial charge in [0.2, 0.25) is 5.91 Å². The molecule has 0 radical (unpaired) electrons. The zero-order valence-corrected chi connectivity index (χ0v) is 13.1. The van der Waals surface area contributed by atoms with E-state index in [4.69, 9.17) is 0 Å². The molecular weight excluding hydrogens is 284 g/mol. The van der Waals surface area contributed by atoms with Crippen LogP contribution in [0.2, 0.25) is 0 Å². The zero-order chi connectivity index (χ0) is 16.3. The number of aryl methyl sites for hydroxylation is 2. The molecule has 0 bridgehead atoms. The molecule has 0 saturated heterocycles. The first-order valence-corrected chi connectivity index (χ1v) is 6.96. The second-order valence-corrected chi connectivity index (χ2v) is 5.12. The lowest BCUT2D eigenvalue weighted by Gasteiger charge is -2.13. The molecule has 1 heterocycles. The summed E-state index contributed by atoms with van der Waals surface area (Å²) < 4.78 is 6.47. The average Bonchev–Trinajstić information content (AvgIpc) is 2.78. The Bertz CT molecular complexity index is 708. The van der Waals surface area contributed by atoms with Gasteiger partial charge in [0.25, 0.3) is 0 Å². The molecule has 1 aromatic carbocycles. The van der Waals surface area contributed by atoms with E-state index in [1.54, 1.807) is 6.92 Å². The number of carbonyl (C=O) groups is 2. The molecule has 0 fully saturated rings. The summed E-state index contributed by atoms with van der Waals surface area (Å²) in [5.74, 6) is 0.662. The largest absolute Gasteiger partial charge is 0.453 e. The lowest BCUT2D eigenvalue weighted by Crippen LogP contribution is -2.44. The van der Waals surface area contributed by atoms with E-state index in [2.05, 4.69) is 20.4 Å². The van der Waals surface area contributed by atoms with E-state index >= 15 is 0 Å². The van der Waals surface area contributed by atoms with Crippen molar-refractivity contribution in [3.8, 4) is 0 Å². The maximum atomic E-state index is 11.9. The molecule has 2 amide bonds. The number of fused-ring (bicyclic) bond motifs is 1. The van der Waals surface area contributed by atoms with E-state index in [1.165, 1.54) is 7.11 Å². The van der Waals surface area contributed by atoms with Crippen LogP contribution in [-0.4, -0.2) is 34.7 Å². The molecule has 7 nitrogen and oxygen atoms in total. The first kappa shape index (κ1) is 15.8. The van der Waals surface area contributed by atoms with Crippen molar-refractivity contribution in [2.75, 3.05) is 7.11 Å². The van der Waals surface area contributed by atoms with E-state index < -0.39 is 12.1 Å². The molecule has 0 aliphatic rings. The van der Waals surface area contributed by atoms with E-state index in [0.717, 1.165) is 22.4 Å². The number of nitrogens with zero attached hydrogens (tertiary/aromatic N) is 2. The van der Waals surface area contributed by atoms with Crippen molar-refractivity contribution in [1.29, 1.82) is 0 Å².